The number of hydrogen-bond donors (Lipinski definition) is 5. The van der Waals surface area contributed by atoms with E-state index in [9.17, 15) is 19.8 Å². The van der Waals surface area contributed by atoms with E-state index in [0.717, 1.165) is 5.56 Å². The van der Waals surface area contributed by atoms with Crippen molar-refractivity contribution in [3.63, 3.8) is 0 Å². The van der Waals surface area contributed by atoms with Crippen LogP contribution in [0.2, 0.25) is 0 Å². The minimum absolute atomic E-state index is 0.00122. The second-order valence-electron chi connectivity index (χ2n) is 9.50. The maximum atomic E-state index is 11.3. The van der Waals surface area contributed by atoms with E-state index >= 15 is 0 Å². The number of aliphatic hydroxyl groups is 4. The van der Waals surface area contributed by atoms with Crippen molar-refractivity contribution >= 4 is 11.9 Å². The van der Waals surface area contributed by atoms with Crippen LogP contribution in [0.15, 0.2) is 48.5 Å². The first-order chi connectivity index (χ1) is 19.8. The quantitative estimate of drug-likeness (QED) is 0.283. The van der Waals surface area contributed by atoms with E-state index in [1.807, 2.05) is 0 Å². The highest BCUT2D eigenvalue weighted by Gasteiger charge is 2.38. The molecule has 2 aliphatic rings. The van der Waals surface area contributed by atoms with Gasteiger partial charge >= 0.3 is 11.9 Å². The van der Waals surface area contributed by atoms with Crippen molar-refractivity contribution in [2.45, 2.75) is 25.0 Å². The molecule has 2 saturated carbocycles. The fraction of sp³-hybridized carbons (Fsp3) is 0.333. The third-order valence-corrected chi connectivity index (χ3v) is 6.93. The standard InChI is InChI=1S/C17H16O4.C16H14O4/c1-21-17(20)13-8-6-12(7-9-13)4-2-3-5-14-10-16(19)15(14)11-18;17-10-14-13(9-15(14)18)4-2-1-3-11-5-7-12(8-6-11)16(19)20/h6-9,14-16,18-19H,10-11H2,1H3;5-8,13-15,17-18H,9-10H2,(H,19,20)/t14?,15-,16?;13?,14-,15?/m00/s1. The van der Waals surface area contributed by atoms with Crippen molar-refractivity contribution < 1.29 is 39.9 Å². The molecule has 0 radical (unpaired) electrons. The van der Waals surface area contributed by atoms with Crippen molar-refractivity contribution in [1.82, 2.24) is 0 Å². The number of aromatic carboxylic acids is 1. The first-order valence-corrected chi connectivity index (χ1v) is 12.9. The lowest BCUT2D eigenvalue weighted by molar-refractivity contribution is -0.0375. The van der Waals surface area contributed by atoms with Crippen molar-refractivity contribution in [3.05, 3.63) is 70.8 Å². The van der Waals surface area contributed by atoms with Gasteiger partial charge in [-0.25, -0.2) is 9.59 Å². The second kappa shape index (κ2) is 15.3. The van der Waals surface area contributed by atoms with Crippen LogP contribution in [-0.2, 0) is 4.74 Å². The molecule has 41 heavy (non-hydrogen) atoms. The predicted octanol–water partition coefficient (Wildman–Crippen LogP) is 1.55. The Bertz CT molecular complexity index is 1460. The maximum Gasteiger partial charge on any atom is 0.337 e. The first kappa shape index (κ1) is 31.0. The normalized spacial score (nSPS) is 23.2. The second-order valence-corrected chi connectivity index (χ2v) is 9.50. The monoisotopic (exact) mass is 554 g/mol. The van der Waals surface area contributed by atoms with Gasteiger partial charge in [-0.3, -0.25) is 0 Å². The van der Waals surface area contributed by atoms with Gasteiger partial charge in [0.2, 0.25) is 0 Å². The minimum Gasteiger partial charge on any atom is -0.478 e. The van der Waals surface area contributed by atoms with Gasteiger partial charge in [0.05, 0.1) is 30.4 Å². The molecule has 0 amide bonds. The Morgan fingerprint density at radius 1 is 0.732 bits per heavy atom. The van der Waals surface area contributed by atoms with E-state index < -0.39 is 18.2 Å². The van der Waals surface area contributed by atoms with Gasteiger partial charge in [0.25, 0.3) is 0 Å². The van der Waals surface area contributed by atoms with Crippen LogP contribution < -0.4 is 0 Å². The van der Waals surface area contributed by atoms with Crippen molar-refractivity contribution in [3.8, 4) is 47.4 Å². The number of aliphatic hydroxyl groups excluding tert-OH is 4. The van der Waals surface area contributed by atoms with E-state index in [4.69, 9.17) is 15.3 Å². The number of esters is 1. The summed E-state index contributed by atoms with van der Waals surface area (Å²) in [5.41, 5.74) is 2.14. The zero-order valence-corrected chi connectivity index (χ0v) is 22.4. The van der Waals surface area contributed by atoms with E-state index in [1.54, 1.807) is 36.4 Å². The summed E-state index contributed by atoms with van der Waals surface area (Å²) < 4.78 is 4.61. The smallest absolute Gasteiger partial charge is 0.337 e. The average molecular weight is 555 g/mol. The number of carboxylic acids is 1. The van der Waals surface area contributed by atoms with Gasteiger partial charge in [-0.1, -0.05) is 23.7 Å². The maximum absolute atomic E-state index is 11.3. The average Bonchev–Trinajstić information content (AvgIpc) is 2.97. The molecule has 6 atom stereocenters. The molecular weight excluding hydrogens is 524 g/mol. The molecule has 4 unspecified atom stereocenters. The van der Waals surface area contributed by atoms with Gasteiger partial charge < -0.3 is 30.3 Å². The number of carbonyl (C=O) groups excluding carboxylic acids is 1. The van der Waals surface area contributed by atoms with Crippen molar-refractivity contribution in [2.24, 2.45) is 23.7 Å². The molecule has 0 saturated heterocycles. The summed E-state index contributed by atoms with van der Waals surface area (Å²) in [6.07, 6.45) is 0.255. The Hall–Kier alpha value is -4.54. The van der Waals surface area contributed by atoms with Crippen LogP contribution in [-0.4, -0.2) is 70.0 Å². The molecule has 0 aromatic heterocycles. The lowest BCUT2D eigenvalue weighted by Crippen LogP contribution is -2.42. The minimum atomic E-state index is -0.970. The predicted molar refractivity (Wildman–Crippen MR) is 150 cm³/mol. The topological polar surface area (TPSA) is 145 Å². The first-order valence-electron chi connectivity index (χ1n) is 12.9. The molecule has 2 aliphatic carbocycles. The van der Waals surface area contributed by atoms with Crippen LogP contribution in [0.25, 0.3) is 0 Å². The van der Waals surface area contributed by atoms with Crippen LogP contribution >= 0.6 is 0 Å². The van der Waals surface area contributed by atoms with Gasteiger partial charge in [0.1, 0.15) is 0 Å². The number of carbonyl (C=O) groups is 2. The zero-order valence-electron chi connectivity index (χ0n) is 22.4. The SMILES string of the molecule is COC(=O)c1ccc(C#CC#CC2CC(O)[C@H]2CO)cc1.O=C(O)c1ccc(C#CC#CC2CC(O)[C@H]2CO)cc1. The molecule has 0 heterocycles. The Morgan fingerprint density at radius 3 is 1.49 bits per heavy atom. The highest BCUT2D eigenvalue weighted by atomic mass is 16.5. The molecule has 4 rings (SSSR count). The third-order valence-electron chi connectivity index (χ3n) is 6.93. The molecule has 8 nitrogen and oxygen atoms in total. The highest BCUT2D eigenvalue weighted by Crippen LogP contribution is 2.34. The molecule has 5 N–H and O–H groups in total. The Kier molecular flexibility index (Phi) is 11.6. The summed E-state index contributed by atoms with van der Waals surface area (Å²) in [5, 5.41) is 45.6. The number of rotatable bonds is 4. The molecule has 0 spiro atoms. The van der Waals surface area contributed by atoms with Crippen molar-refractivity contribution in [2.75, 3.05) is 20.3 Å². The number of hydrogen-bond acceptors (Lipinski definition) is 7. The summed E-state index contributed by atoms with van der Waals surface area (Å²) >= 11 is 0. The fourth-order valence-corrected chi connectivity index (χ4v) is 4.16. The van der Waals surface area contributed by atoms with Gasteiger partial charge in [-0.15, -0.1) is 0 Å². The van der Waals surface area contributed by atoms with Gasteiger partial charge in [-0.2, -0.15) is 0 Å². The molecule has 8 heteroatoms. The van der Waals surface area contributed by atoms with Gasteiger partial charge in [0, 0.05) is 48.0 Å². The number of carboxylic acid groups (broad SMARTS) is 1. The molecule has 2 aromatic rings. The number of benzene rings is 2. The summed E-state index contributed by atoms with van der Waals surface area (Å²) in [6.45, 7) is -0.118. The molecule has 0 bridgehead atoms. The summed E-state index contributed by atoms with van der Waals surface area (Å²) in [6, 6.07) is 13.0. The van der Waals surface area contributed by atoms with Crippen molar-refractivity contribution in [1.29, 1.82) is 0 Å². The van der Waals surface area contributed by atoms with Crippen LogP contribution in [0.5, 0.6) is 0 Å². The fourth-order valence-electron chi connectivity index (χ4n) is 4.16. The largest absolute Gasteiger partial charge is 0.478 e. The lowest BCUT2D eigenvalue weighted by Gasteiger charge is -2.37. The molecule has 210 valence electrons. The molecule has 2 fully saturated rings. The third kappa shape index (κ3) is 8.72. The summed E-state index contributed by atoms with van der Waals surface area (Å²) in [4.78, 5) is 21.9. The van der Waals surface area contributed by atoms with E-state index in [0.29, 0.717) is 24.0 Å². The van der Waals surface area contributed by atoms with Gasteiger partial charge in [-0.05, 0) is 85.1 Å². The lowest BCUT2D eigenvalue weighted by atomic mass is 9.72. The number of ether oxygens (including phenoxy) is 1. The molecule has 2 aromatic carbocycles. The Labute approximate surface area is 239 Å². The summed E-state index contributed by atoms with van der Waals surface area (Å²) in [5.74, 6) is 20.8. The number of methoxy groups -OCH3 is 1. The zero-order chi connectivity index (χ0) is 29.8. The van der Waals surface area contributed by atoms with Crippen LogP contribution in [0, 0.1) is 71.0 Å². The Morgan fingerprint density at radius 2 is 1.15 bits per heavy atom. The van der Waals surface area contributed by atoms with Crippen LogP contribution in [0.1, 0.15) is 44.7 Å². The van der Waals surface area contributed by atoms with E-state index in [1.165, 1.54) is 19.2 Å². The van der Waals surface area contributed by atoms with E-state index in [-0.39, 0.29) is 48.4 Å². The van der Waals surface area contributed by atoms with Gasteiger partial charge in [0.15, 0.2) is 0 Å². The summed E-state index contributed by atoms with van der Waals surface area (Å²) in [7, 11) is 1.34. The van der Waals surface area contributed by atoms with E-state index in [2.05, 4.69) is 52.1 Å². The van der Waals surface area contributed by atoms with Crippen LogP contribution in [0.4, 0.5) is 0 Å². The molecule has 0 aliphatic heterocycles. The molecular formula is C33H30O8. The van der Waals surface area contributed by atoms with Crippen LogP contribution in [0.3, 0.4) is 0 Å². The highest BCUT2D eigenvalue weighted by molar-refractivity contribution is 5.89. The Balaban J connectivity index is 0.000000226.